The van der Waals surface area contributed by atoms with E-state index in [0.717, 1.165) is 32.1 Å². The van der Waals surface area contributed by atoms with Crippen molar-refractivity contribution in [3.05, 3.63) is 0 Å². The molecule has 0 radical (unpaired) electrons. The summed E-state index contributed by atoms with van der Waals surface area (Å²) < 4.78 is 0. The van der Waals surface area contributed by atoms with E-state index in [9.17, 15) is 14.4 Å². The molecule has 7 atom stereocenters. The topological polar surface area (TPSA) is 51.2 Å². The molecule has 4 saturated carbocycles. The Morgan fingerprint density at radius 3 is 2.38 bits per heavy atom. The van der Waals surface area contributed by atoms with Gasteiger partial charge in [-0.1, -0.05) is 13.8 Å². The van der Waals surface area contributed by atoms with Gasteiger partial charge in [-0.25, -0.2) is 0 Å². The number of carbonyl (C=O) groups is 3. The van der Waals surface area contributed by atoms with Crippen LogP contribution in [-0.4, -0.2) is 17.3 Å². The van der Waals surface area contributed by atoms with E-state index in [4.69, 9.17) is 0 Å². The van der Waals surface area contributed by atoms with Crippen LogP contribution >= 0.6 is 0 Å². The van der Waals surface area contributed by atoms with Crippen LogP contribution in [0.5, 0.6) is 0 Å². The Morgan fingerprint density at radius 1 is 0.958 bits per heavy atom. The zero-order chi connectivity index (χ0) is 17.3. The van der Waals surface area contributed by atoms with Crippen LogP contribution in [0.2, 0.25) is 0 Å². The summed E-state index contributed by atoms with van der Waals surface area (Å²) in [6.07, 6.45) is 7.01. The molecule has 24 heavy (non-hydrogen) atoms. The lowest BCUT2D eigenvalue weighted by atomic mass is 9.44. The minimum atomic E-state index is 0.0241. The van der Waals surface area contributed by atoms with E-state index >= 15 is 0 Å². The second kappa shape index (κ2) is 5.25. The molecule has 0 heterocycles. The molecule has 4 rings (SSSR count). The normalized spacial score (nSPS) is 50.9. The average molecular weight is 330 g/mol. The maximum Gasteiger partial charge on any atom is 0.136 e. The van der Waals surface area contributed by atoms with Crippen molar-refractivity contribution in [3.63, 3.8) is 0 Å². The Hall–Kier alpha value is -0.990. The molecule has 0 amide bonds. The van der Waals surface area contributed by atoms with Crippen LogP contribution in [-0.2, 0) is 14.4 Å². The fourth-order valence-electron chi connectivity index (χ4n) is 7.39. The van der Waals surface area contributed by atoms with Gasteiger partial charge < -0.3 is 0 Å². The van der Waals surface area contributed by atoms with Gasteiger partial charge in [-0.3, -0.25) is 14.4 Å². The second-order valence-corrected chi connectivity index (χ2v) is 9.64. The van der Waals surface area contributed by atoms with Gasteiger partial charge >= 0.3 is 0 Å². The van der Waals surface area contributed by atoms with Crippen molar-refractivity contribution in [3.8, 4) is 0 Å². The third kappa shape index (κ3) is 2.05. The van der Waals surface area contributed by atoms with E-state index in [1.54, 1.807) is 6.92 Å². The first-order chi connectivity index (χ1) is 11.3. The molecule has 0 aromatic heterocycles. The molecule has 0 aliphatic heterocycles. The maximum atomic E-state index is 13.1. The van der Waals surface area contributed by atoms with Crippen LogP contribution in [0.4, 0.5) is 0 Å². The first-order valence-corrected chi connectivity index (χ1v) is 9.82. The molecule has 3 heteroatoms. The van der Waals surface area contributed by atoms with Crippen LogP contribution in [0.15, 0.2) is 0 Å². The summed E-state index contributed by atoms with van der Waals surface area (Å²) in [6, 6.07) is 0. The van der Waals surface area contributed by atoms with Crippen LogP contribution < -0.4 is 0 Å². The van der Waals surface area contributed by atoms with Gasteiger partial charge in [0.15, 0.2) is 0 Å². The molecule has 0 aromatic carbocycles. The zero-order valence-corrected chi connectivity index (χ0v) is 15.3. The number of carbonyl (C=O) groups excluding carboxylic acids is 3. The molecular formula is C21H30O3. The minimum Gasteiger partial charge on any atom is -0.300 e. The Balaban J connectivity index is 1.69. The molecule has 3 nitrogen and oxygen atoms in total. The first kappa shape index (κ1) is 16.5. The van der Waals surface area contributed by atoms with E-state index in [2.05, 4.69) is 13.8 Å². The summed E-state index contributed by atoms with van der Waals surface area (Å²) in [5, 5.41) is 0. The predicted molar refractivity (Wildman–Crippen MR) is 91.3 cm³/mol. The number of rotatable bonds is 1. The number of Topliss-reactive ketones (excluding diaryl/α,β-unsaturated/α-hetero) is 3. The summed E-state index contributed by atoms with van der Waals surface area (Å²) in [7, 11) is 0. The number of fused-ring (bicyclic) bond motifs is 5. The van der Waals surface area contributed by atoms with Gasteiger partial charge in [0.1, 0.15) is 17.3 Å². The Morgan fingerprint density at radius 2 is 1.67 bits per heavy atom. The average Bonchev–Trinajstić information content (AvgIpc) is 2.86. The van der Waals surface area contributed by atoms with Gasteiger partial charge in [0, 0.05) is 31.1 Å². The molecule has 0 saturated heterocycles. The Kier molecular flexibility index (Phi) is 3.61. The third-order valence-electron chi connectivity index (χ3n) is 8.78. The third-order valence-corrected chi connectivity index (χ3v) is 8.78. The van der Waals surface area contributed by atoms with E-state index < -0.39 is 0 Å². The fraction of sp³-hybridized carbons (Fsp3) is 0.857. The van der Waals surface area contributed by atoms with E-state index in [-0.39, 0.29) is 28.6 Å². The van der Waals surface area contributed by atoms with Crippen molar-refractivity contribution >= 4 is 17.3 Å². The highest BCUT2D eigenvalue weighted by Gasteiger charge is 2.63. The van der Waals surface area contributed by atoms with E-state index in [0.29, 0.717) is 48.4 Å². The van der Waals surface area contributed by atoms with Crippen molar-refractivity contribution in [2.75, 3.05) is 0 Å². The van der Waals surface area contributed by atoms with Gasteiger partial charge in [0.2, 0.25) is 0 Å². The lowest BCUT2D eigenvalue weighted by Gasteiger charge is -2.59. The molecule has 0 spiro atoms. The van der Waals surface area contributed by atoms with Crippen molar-refractivity contribution in [2.45, 2.75) is 72.1 Å². The Labute approximate surface area is 144 Å². The van der Waals surface area contributed by atoms with E-state index in [1.165, 1.54) is 0 Å². The second-order valence-electron chi connectivity index (χ2n) is 9.64. The lowest BCUT2D eigenvalue weighted by molar-refractivity contribution is -0.159. The summed E-state index contributed by atoms with van der Waals surface area (Å²) in [5.41, 5.74) is 0.179. The fourth-order valence-corrected chi connectivity index (χ4v) is 7.39. The minimum absolute atomic E-state index is 0.0241. The first-order valence-electron chi connectivity index (χ1n) is 9.82. The number of ketones is 3. The monoisotopic (exact) mass is 330 g/mol. The predicted octanol–water partition coefficient (Wildman–Crippen LogP) is 3.98. The summed E-state index contributed by atoms with van der Waals surface area (Å²) in [6.45, 7) is 6.37. The summed E-state index contributed by atoms with van der Waals surface area (Å²) >= 11 is 0. The molecule has 0 bridgehead atoms. The molecular weight excluding hydrogens is 300 g/mol. The van der Waals surface area contributed by atoms with Gasteiger partial charge in [0.25, 0.3) is 0 Å². The molecule has 4 aliphatic rings. The molecule has 7 unspecified atom stereocenters. The van der Waals surface area contributed by atoms with E-state index in [1.807, 2.05) is 0 Å². The van der Waals surface area contributed by atoms with Crippen molar-refractivity contribution < 1.29 is 14.4 Å². The highest BCUT2D eigenvalue weighted by Crippen LogP contribution is 2.66. The largest absolute Gasteiger partial charge is 0.300 e. The molecule has 4 aliphatic carbocycles. The zero-order valence-electron chi connectivity index (χ0n) is 15.3. The van der Waals surface area contributed by atoms with Gasteiger partial charge in [0.05, 0.1) is 0 Å². The van der Waals surface area contributed by atoms with Gasteiger partial charge in [-0.05, 0) is 67.6 Å². The highest BCUT2D eigenvalue weighted by atomic mass is 16.1. The molecule has 4 fully saturated rings. The van der Waals surface area contributed by atoms with Crippen LogP contribution in [0.3, 0.4) is 0 Å². The SMILES string of the molecule is CC(=O)C1CCC2C3C(=O)CC4CC(=O)CCC4(C)C3CCC12C. The Bertz CT molecular complexity index is 608. The van der Waals surface area contributed by atoms with Gasteiger partial charge in [-0.2, -0.15) is 0 Å². The van der Waals surface area contributed by atoms with Crippen LogP contribution in [0, 0.1) is 40.4 Å². The number of hydrogen-bond acceptors (Lipinski definition) is 3. The number of hydrogen-bond donors (Lipinski definition) is 0. The molecule has 0 aromatic rings. The highest BCUT2D eigenvalue weighted by molar-refractivity contribution is 5.87. The standard InChI is InChI=1S/C21H30O3/c1-12(22)15-4-5-16-19-17(7-9-21(15,16)3)20(2)8-6-14(23)10-13(20)11-18(19)24/h13,15-17,19H,4-11H2,1-3H3. The van der Waals surface area contributed by atoms with Crippen molar-refractivity contribution in [1.29, 1.82) is 0 Å². The summed E-state index contributed by atoms with van der Waals surface area (Å²) in [4.78, 5) is 37.2. The quantitative estimate of drug-likeness (QED) is 0.730. The lowest BCUT2D eigenvalue weighted by Crippen LogP contribution is -2.57. The maximum absolute atomic E-state index is 13.1. The smallest absolute Gasteiger partial charge is 0.136 e. The summed E-state index contributed by atoms with van der Waals surface area (Å²) in [5.74, 6) is 2.43. The van der Waals surface area contributed by atoms with Crippen LogP contribution in [0.25, 0.3) is 0 Å². The van der Waals surface area contributed by atoms with Gasteiger partial charge in [-0.15, -0.1) is 0 Å². The van der Waals surface area contributed by atoms with Crippen molar-refractivity contribution in [2.24, 2.45) is 40.4 Å². The molecule has 132 valence electrons. The van der Waals surface area contributed by atoms with Crippen LogP contribution in [0.1, 0.15) is 72.1 Å². The molecule has 0 N–H and O–H groups in total. The van der Waals surface area contributed by atoms with Crippen molar-refractivity contribution in [1.82, 2.24) is 0 Å².